The molecule has 0 aliphatic rings. The average molecular weight is 439 g/mol. The second-order valence-electron chi connectivity index (χ2n) is 6.65. The van der Waals surface area contributed by atoms with Crippen LogP contribution in [-0.2, 0) is 14.8 Å². The lowest BCUT2D eigenvalue weighted by atomic mass is 10.1. The van der Waals surface area contributed by atoms with E-state index in [0.717, 1.165) is 24.1 Å². The van der Waals surface area contributed by atoms with Crippen molar-refractivity contribution >= 4 is 15.9 Å². The van der Waals surface area contributed by atoms with Crippen molar-refractivity contribution in [3.8, 4) is 11.5 Å². The zero-order valence-corrected chi connectivity index (χ0v) is 18.1. The van der Waals surface area contributed by atoms with E-state index in [2.05, 4.69) is 10.0 Å². The number of carbonyl (C=O) groups excluding carboxylic acids is 1. The minimum absolute atomic E-state index is 0.0421. The van der Waals surface area contributed by atoms with Crippen LogP contribution in [0.5, 0.6) is 11.5 Å². The molecular weight excluding hydrogens is 411 g/mol. The first-order valence-electron chi connectivity index (χ1n) is 9.62. The molecule has 2 N–H and O–H groups in total. The largest absolute Gasteiger partial charge is 0.493 e. The van der Waals surface area contributed by atoms with Crippen LogP contribution < -0.4 is 19.5 Å². The van der Waals surface area contributed by atoms with Crippen molar-refractivity contribution in [1.82, 2.24) is 10.0 Å². The van der Waals surface area contributed by atoms with Gasteiger partial charge < -0.3 is 14.8 Å². The third-order valence-corrected chi connectivity index (χ3v) is 5.77. The molecule has 164 valence electrons. The predicted octanol–water partition coefficient (Wildman–Crippen LogP) is 3.17. The Kier molecular flexibility index (Phi) is 8.61. The highest BCUT2D eigenvalue weighted by Crippen LogP contribution is 2.30. The van der Waals surface area contributed by atoms with Gasteiger partial charge >= 0.3 is 0 Å². The molecule has 0 aromatic heterocycles. The highest BCUT2D eigenvalue weighted by Gasteiger charge is 2.16. The second-order valence-corrected chi connectivity index (χ2v) is 8.42. The van der Waals surface area contributed by atoms with Crippen molar-refractivity contribution in [2.75, 3.05) is 20.3 Å². The Bertz CT molecular complexity index is 948. The summed E-state index contributed by atoms with van der Waals surface area (Å²) in [4.78, 5) is 12.1. The minimum Gasteiger partial charge on any atom is -0.493 e. The number of nitrogens with one attached hydrogen (secondary N) is 2. The average Bonchev–Trinajstić information content (AvgIpc) is 2.72. The number of methoxy groups -OCH3 is 1. The van der Waals surface area contributed by atoms with Gasteiger partial charge in [-0.15, -0.1) is 0 Å². The first-order valence-corrected chi connectivity index (χ1v) is 11.1. The number of benzene rings is 2. The van der Waals surface area contributed by atoms with E-state index in [1.54, 1.807) is 19.2 Å². The summed E-state index contributed by atoms with van der Waals surface area (Å²) in [5.74, 6) is 0.379. The van der Waals surface area contributed by atoms with Gasteiger partial charge in [0.1, 0.15) is 5.82 Å². The Labute approximate surface area is 176 Å². The number of rotatable bonds is 11. The summed E-state index contributed by atoms with van der Waals surface area (Å²) in [5, 5.41) is 2.82. The molecule has 0 saturated carbocycles. The molecule has 0 spiro atoms. The van der Waals surface area contributed by atoms with Crippen LogP contribution in [0.25, 0.3) is 0 Å². The third kappa shape index (κ3) is 6.70. The van der Waals surface area contributed by atoms with E-state index in [1.165, 1.54) is 12.1 Å². The molecule has 2 rings (SSSR count). The van der Waals surface area contributed by atoms with Gasteiger partial charge in [-0.3, -0.25) is 4.79 Å². The maximum absolute atomic E-state index is 12.9. The van der Waals surface area contributed by atoms with E-state index in [9.17, 15) is 17.6 Å². The third-order valence-electron chi connectivity index (χ3n) is 4.29. The van der Waals surface area contributed by atoms with Crippen LogP contribution in [-0.4, -0.2) is 34.6 Å². The smallest absolute Gasteiger partial charge is 0.240 e. The number of hydrogen-bond donors (Lipinski definition) is 2. The fourth-order valence-corrected chi connectivity index (χ4v) is 3.71. The van der Waals surface area contributed by atoms with Crippen LogP contribution in [0.15, 0.2) is 47.4 Å². The van der Waals surface area contributed by atoms with Gasteiger partial charge in [0.05, 0.1) is 24.7 Å². The van der Waals surface area contributed by atoms with Crippen molar-refractivity contribution in [2.24, 2.45) is 0 Å². The summed E-state index contributed by atoms with van der Waals surface area (Å²) < 4.78 is 50.6. The Balaban J connectivity index is 1.89. The number of amides is 1. The monoisotopic (exact) mass is 438 g/mol. The van der Waals surface area contributed by atoms with Crippen molar-refractivity contribution in [3.63, 3.8) is 0 Å². The van der Waals surface area contributed by atoms with Gasteiger partial charge in [-0.25, -0.2) is 17.5 Å². The molecule has 0 aliphatic carbocycles. The summed E-state index contributed by atoms with van der Waals surface area (Å²) in [6.45, 7) is 4.33. The lowest BCUT2D eigenvalue weighted by Crippen LogP contribution is -2.32. The quantitative estimate of drug-likeness (QED) is 0.562. The zero-order chi connectivity index (χ0) is 22.1. The van der Waals surface area contributed by atoms with E-state index >= 15 is 0 Å². The van der Waals surface area contributed by atoms with Crippen LogP contribution in [0.3, 0.4) is 0 Å². The van der Waals surface area contributed by atoms with E-state index < -0.39 is 15.8 Å². The normalized spacial score (nSPS) is 12.3. The summed E-state index contributed by atoms with van der Waals surface area (Å²) in [6.07, 6.45) is 0.835. The highest BCUT2D eigenvalue weighted by molar-refractivity contribution is 7.89. The standard InChI is InChI=1S/C21H27FN2O5S/c1-4-13-29-19-10-5-16(14-20(19)28-3)15(2)24-21(25)11-12-23-30(26,27)18-8-6-17(22)7-9-18/h5-10,14-15,23H,4,11-13H2,1-3H3,(H,24,25). The van der Waals surface area contributed by atoms with Crippen molar-refractivity contribution in [2.45, 2.75) is 37.6 Å². The first kappa shape index (κ1) is 23.6. The van der Waals surface area contributed by atoms with Crippen LogP contribution in [0.4, 0.5) is 4.39 Å². The van der Waals surface area contributed by atoms with Crippen molar-refractivity contribution < 1.29 is 27.1 Å². The Morgan fingerprint density at radius 1 is 1.13 bits per heavy atom. The fraction of sp³-hybridized carbons (Fsp3) is 0.381. The molecule has 1 amide bonds. The highest BCUT2D eigenvalue weighted by atomic mass is 32.2. The molecule has 7 nitrogen and oxygen atoms in total. The SMILES string of the molecule is CCCOc1ccc(C(C)NC(=O)CCNS(=O)(=O)c2ccc(F)cc2)cc1OC. The van der Waals surface area contributed by atoms with Gasteiger partial charge in [0.2, 0.25) is 15.9 Å². The molecule has 9 heteroatoms. The van der Waals surface area contributed by atoms with Gasteiger partial charge in [-0.2, -0.15) is 0 Å². The molecule has 0 saturated heterocycles. The minimum atomic E-state index is -3.80. The van der Waals surface area contributed by atoms with Gasteiger partial charge in [-0.1, -0.05) is 13.0 Å². The Hall–Kier alpha value is -2.65. The van der Waals surface area contributed by atoms with Crippen LogP contribution >= 0.6 is 0 Å². The van der Waals surface area contributed by atoms with Crippen LogP contribution in [0.1, 0.15) is 38.3 Å². The maximum atomic E-state index is 12.9. The molecule has 1 unspecified atom stereocenters. The van der Waals surface area contributed by atoms with Crippen LogP contribution in [0.2, 0.25) is 0 Å². The number of carbonyl (C=O) groups is 1. The van der Waals surface area contributed by atoms with Crippen molar-refractivity contribution in [3.05, 3.63) is 53.8 Å². The molecule has 30 heavy (non-hydrogen) atoms. The number of sulfonamides is 1. The predicted molar refractivity (Wildman–Crippen MR) is 112 cm³/mol. The van der Waals surface area contributed by atoms with E-state index in [4.69, 9.17) is 9.47 Å². The van der Waals surface area contributed by atoms with E-state index in [-0.39, 0.29) is 29.8 Å². The van der Waals surface area contributed by atoms with E-state index in [1.807, 2.05) is 19.9 Å². The molecule has 2 aromatic rings. The van der Waals surface area contributed by atoms with E-state index in [0.29, 0.717) is 18.1 Å². The number of halogens is 1. The zero-order valence-electron chi connectivity index (χ0n) is 17.3. The Morgan fingerprint density at radius 3 is 2.47 bits per heavy atom. The molecule has 2 aromatic carbocycles. The lowest BCUT2D eigenvalue weighted by Gasteiger charge is -2.17. The van der Waals surface area contributed by atoms with Crippen molar-refractivity contribution in [1.29, 1.82) is 0 Å². The summed E-state index contributed by atoms with van der Waals surface area (Å²) in [5.41, 5.74) is 0.830. The van der Waals surface area contributed by atoms with Gasteiger partial charge in [0.25, 0.3) is 0 Å². The summed E-state index contributed by atoms with van der Waals surface area (Å²) >= 11 is 0. The maximum Gasteiger partial charge on any atom is 0.240 e. The van der Waals surface area contributed by atoms with Gasteiger partial charge in [0, 0.05) is 13.0 Å². The van der Waals surface area contributed by atoms with Gasteiger partial charge in [-0.05, 0) is 55.3 Å². The molecule has 0 radical (unpaired) electrons. The topological polar surface area (TPSA) is 93.7 Å². The summed E-state index contributed by atoms with van der Waals surface area (Å²) in [6, 6.07) is 9.60. The molecule has 0 aliphatic heterocycles. The van der Waals surface area contributed by atoms with Gasteiger partial charge in [0.15, 0.2) is 11.5 Å². The molecule has 1 atom stereocenters. The number of ether oxygens (including phenoxy) is 2. The first-order chi connectivity index (χ1) is 14.3. The second kappa shape index (κ2) is 10.9. The summed E-state index contributed by atoms with van der Waals surface area (Å²) in [7, 11) is -2.25. The lowest BCUT2D eigenvalue weighted by molar-refractivity contribution is -0.121. The number of hydrogen-bond acceptors (Lipinski definition) is 5. The molecule has 0 heterocycles. The molecular formula is C21H27FN2O5S. The van der Waals surface area contributed by atoms with Crippen LogP contribution in [0, 0.1) is 5.82 Å². The molecule has 0 bridgehead atoms. The fourth-order valence-electron chi connectivity index (χ4n) is 2.68. The Morgan fingerprint density at radius 2 is 1.83 bits per heavy atom. The molecule has 0 fully saturated rings.